The molecule has 0 radical (unpaired) electrons. The van der Waals surface area contributed by atoms with E-state index in [1.807, 2.05) is 20.8 Å². The molecular weight excluding hydrogens is 422 g/mol. The van der Waals surface area contributed by atoms with Crippen LogP contribution in [0.1, 0.15) is 56.9 Å². The van der Waals surface area contributed by atoms with Gasteiger partial charge in [-0.3, -0.25) is 14.3 Å². The van der Waals surface area contributed by atoms with Crippen LogP contribution in [0.4, 0.5) is 4.79 Å². The molecule has 0 spiro atoms. The van der Waals surface area contributed by atoms with Crippen LogP contribution < -0.4 is 5.32 Å². The van der Waals surface area contributed by atoms with E-state index in [0.717, 1.165) is 38.8 Å². The van der Waals surface area contributed by atoms with Crippen LogP contribution >= 0.6 is 0 Å². The molecule has 2 fully saturated rings. The molecule has 0 unspecified atom stereocenters. The highest BCUT2D eigenvalue weighted by atomic mass is 16.6. The van der Waals surface area contributed by atoms with Gasteiger partial charge in [0.15, 0.2) is 0 Å². The zero-order valence-electron chi connectivity index (χ0n) is 19.6. The van der Waals surface area contributed by atoms with Gasteiger partial charge in [0, 0.05) is 56.9 Å². The molecule has 2 amide bonds. The van der Waals surface area contributed by atoms with E-state index in [9.17, 15) is 9.59 Å². The molecule has 33 heavy (non-hydrogen) atoms. The summed E-state index contributed by atoms with van der Waals surface area (Å²) in [5.74, 6) is 0.252. The molecule has 4 rings (SSSR count). The summed E-state index contributed by atoms with van der Waals surface area (Å²) in [4.78, 5) is 41.8. The maximum absolute atomic E-state index is 12.7. The van der Waals surface area contributed by atoms with E-state index in [1.54, 1.807) is 40.5 Å². The van der Waals surface area contributed by atoms with Crippen molar-refractivity contribution in [3.8, 4) is 5.95 Å². The van der Waals surface area contributed by atoms with Gasteiger partial charge in [0.1, 0.15) is 17.6 Å². The van der Waals surface area contributed by atoms with E-state index in [1.165, 1.54) is 0 Å². The molecule has 1 N–H and O–H groups in total. The predicted octanol–water partition coefficient (Wildman–Crippen LogP) is 2.26. The highest BCUT2D eigenvalue weighted by Gasteiger charge is 2.31. The van der Waals surface area contributed by atoms with Crippen LogP contribution in [-0.4, -0.2) is 85.2 Å². The number of aromatic nitrogens is 4. The first-order chi connectivity index (χ1) is 15.8. The molecule has 0 bridgehead atoms. The monoisotopic (exact) mass is 455 g/mol. The predicted molar refractivity (Wildman–Crippen MR) is 122 cm³/mol. The van der Waals surface area contributed by atoms with Gasteiger partial charge in [-0.15, -0.1) is 0 Å². The van der Waals surface area contributed by atoms with Gasteiger partial charge in [-0.05, 0) is 52.5 Å². The van der Waals surface area contributed by atoms with Gasteiger partial charge < -0.3 is 15.0 Å². The minimum atomic E-state index is -0.468. The topological polar surface area (TPSA) is 105 Å². The highest BCUT2D eigenvalue weighted by molar-refractivity contribution is 5.92. The zero-order chi connectivity index (χ0) is 23.4. The molecule has 2 aromatic rings. The molecule has 1 saturated heterocycles. The van der Waals surface area contributed by atoms with Gasteiger partial charge in [0.2, 0.25) is 5.95 Å². The molecule has 0 aromatic carbocycles. The molecular formula is C23H33N7O3. The van der Waals surface area contributed by atoms with Crippen LogP contribution in [0.25, 0.3) is 5.95 Å². The Morgan fingerprint density at radius 2 is 1.79 bits per heavy atom. The first kappa shape index (κ1) is 23.2. The summed E-state index contributed by atoms with van der Waals surface area (Å²) >= 11 is 0. The maximum atomic E-state index is 12.7. The van der Waals surface area contributed by atoms with Gasteiger partial charge in [-0.25, -0.2) is 19.7 Å². The summed E-state index contributed by atoms with van der Waals surface area (Å²) in [6.07, 6.45) is 10.3. The fourth-order valence-electron chi connectivity index (χ4n) is 4.42. The second-order valence-corrected chi connectivity index (χ2v) is 9.69. The van der Waals surface area contributed by atoms with E-state index < -0.39 is 5.60 Å². The van der Waals surface area contributed by atoms with Crippen molar-refractivity contribution in [1.82, 2.24) is 34.6 Å². The first-order valence-corrected chi connectivity index (χ1v) is 11.6. The summed E-state index contributed by atoms with van der Waals surface area (Å²) in [5, 5.41) is 3.13. The van der Waals surface area contributed by atoms with Gasteiger partial charge in [0.25, 0.3) is 5.91 Å². The third-order valence-electron chi connectivity index (χ3n) is 6.13. The Labute approximate surface area is 194 Å². The summed E-state index contributed by atoms with van der Waals surface area (Å²) < 4.78 is 7.16. The SMILES string of the molecule is CC(C)(C)OC(=O)N1CCN(C2CCC(NC(=O)c3ccnc(-n4ccnc4)n3)CC2)CC1. The van der Waals surface area contributed by atoms with Crippen LogP contribution in [0.5, 0.6) is 0 Å². The van der Waals surface area contributed by atoms with Crippen molar-refractivity contribution < 1.29 is 14.3 Å². The van der Waals surface area contributed by atoms with Crippen molar-refractivity contribution in [2.24, 2.45) is 0 Å². The van der Waals surface area contributed by atoms with Crippen LogP contribution in [-0.2, 0) is 4.74 Å². The van der Waals surface area contributed by atoms with Gasteiger partial charge in [-0.2, -0.15) is 0 Å². The molecule has 1 saturated carbocycles. The molecule has 2 aromatic heterocycles. The fourth-order valence-corrected chi connectivity index (χ4v) is 4.42. The lowest BCUT2D eigenvalue weighted by Crippen LogP contribution is -2.54. The fraction of sp³-hybridized carbons (Fsp3) is 0.609. The lowest BCUT2D eigenvalue weighted by Gasteiger charge is -2.42. The number of nitrogens with zero attached hydrogens (tertiary/aromatic N) is 6. The number of amides is 2. The average molecular weight is 456 g/mol. The number of imidazole rings is 1. The van der Waals surface area contributed by atoms with Crippen molar-refractivity contribution >= 4 is 12.0 Å². The number of nitrogens with one attached hydrogen (secondary N) is 1. The Morgan fingerprint density at radius 1 is 1.06 bits per heavy atom. The van der Waals surface area contributed by atoms with Crippen LogP contribution in [0.3, 0.4) is 0 Å². The third-order valence-corrected chi connectivity index (χ3v) is 6.13. The molecule has 2 aliphatic rings. The van der Waals surface area contributed by atoms with Crippen molar-refractivity contribution in [1.29, 1.82) is 0 Å². The van der Waals surface area contributed by atoms with Gasteiger partial charge >= 0.3 is 6.09 Å². The number of hydrogen-bond acceptors (Lipinski definition) is 7. The van der Waals surface area contributed by atoms with Gasteiger partial charge in [0.05, 0.1) is 0 Å². The second kappa shape index (κ2) is 9.86. The van der Waals surface area contributed by atoms with Crippen LogP contribution in [0, 0.1) is 0 Å². The van der Waals surface area contributed by atoms with Crippen molar-refractivity contribution in [2.45, 2.75) is 64.1 Å². The molecule has 1 aliphatic heterocycles. The number of carbonyl (C=O) groups excluding carboxylic acids is 2. The van der Waals surface area contributed by atoms with E-state index in [0.29, 0.717) is 30.8 Å². The number of hydrogen-bond donors (Lipinski definition) is 1. The standard InChI is InChI=1S/C23H33N7O3/c1-23(2,3)33-22(32)29-14-12-28(13-15-29)18-6-4-17(5-7-18)26-20(31)19-8-9-25-21(27-19)30-11-10-24-16-30/h8-11,16-18H,4-7,12-15H2,1-3H3,(H,26,31). The Morgan fingerprint density at radius 3 is 2.42 bits per heavy atom. The Bertz CT molecular complexity index is 941. The number of piperazine rings is 1. The average Bonchev–Trinajstić information content (AvgIpc) is 3.34. The molecule has 0 atom stereocenters. The number of rotatable bonds is 4. The smallest absolute Gasteiger partial charge is 0.410 e. The highest BCUT2D eigenvalue weighted by Crippen LogP contribution is 2.25. The minimum Gasteiger partial charge on any atom is -0.444 e. The second-order valence-electron chi connectivity index (χ2n) is 9.69. The minimum absolute atomic E-state index is 0.142. The van der Waals surface area contributed by atoms with Crippen molar-refractivity contribution in [2.75, 3.05) is 26.2 Å². The maximum Gasteiger partial charge on any atom is 0.410 e. The van der Waals surface area contributed by atoms with E-state index in [-0.39, 0.29) is 18.0 Å². The Balaban J connectivity index is 1.23. The number of carbonyl (C=O) groups is 2. The summed E-state index contributed by atoms with van der Waals surface area (Å²) in [6.45, 7) is 8.78. The molecule has 3 heterocycles. The lowest BCUT2D eigenvalue weighted by molar-refractivity contribution is 0.00775. The van der Waals surface area contributed by atoms with Crippen LogP contribution in [0.15, 0.2) is 31.0 Å². The normalized spacial score (nSPS) is 22.1. The van der Waals surface area contributed by atoms with Gasteiger partial charge in [-0.1, -0.05) is 0 Å². The molecule has 178 valence electrons. The summed E-state index contributed by atoms with van der Waals surface area (Å²) in [7, 11) is 0. The first-order valence-electron chi connectivity index (χ1n) is 11.6. The van der Waals surface area contributed by atoms with E-state index in [4.69, 9.17) is 4.74 Å². The molecule has 1 aliphatic carbocycles. The lowest BCUT2D eigenvalue weighted by atomic mass is 9.89. The number of ether oxygens (including phenoxy) is 1. The zero-order valence-corrected chi connectivity index (χ0v) is 19.6. The molecule has 10 nitrogen and oxygen atoms in total. The summed E-state index contributed by atoms with van der Waals surface area (Å²) in [6, 6.07) is 2.26. The third kappa shape index (κ3) is 6.07. The largest absolute Gasteiger partial charge is 0.444 e. The van der Waals surface area contributed by atoms with E-state index in [2.05, 4.69) is 25.2 Å². The Kier molecular flexibility index (Phi) is 6.92. The van der Waals surface area contributed by atoms with Crippen molar-refractivity contribution in [3.05, 3.63) is 36.7 Å². The van der Waals surface area contributed by atoms with Crippen LogP contribution in [0.2, 0.25) is 0 Å². The summed E-state index contributed by atoms with van der Waals surface area (Å²) in [5.41, 5.74) is -0.113. The Hall–Kier alpha value is -3.01. The molecule has 10 heteroatoms. The quantitative estimate of drug-likeness (QED) is 0.754. The van der Waals surface area contributed by atoms with E-state index >= 15 is 0 Å². The van der Waals surface area contributed by atoms with Crippen molar-refractivity contribution in [3.63, 3.8) is 0 Å².